The molecule has 7 heteroatoms. The molecule has 0 saturated carbocycles. The van der Waals surface area contributed by atoms with E-state index in [0.29, 0.717) is 18.3 Å². The summed E-state index contributed by atoms with van der Waals surface area (Å²) in [7, 11) is 0. The number of nitrogens with zero attached hydrogens (tertiary/aromatic N) is 3. The number of carbonyl (C=O) groups is 1. The summed E-state index contributed by atoms with van der Waals surface area (Å²) in [4.78, 5) is 20.6. The zero-order chi connectivity index (χ0) is 22.7. The Bertz CT molecular complexity index is 1120. The number of nitrogens with one attached hydrogen (secondary N) is 1. The number of urea groups is 1. The number of benzene rings is 2. The Balaban J connectivity index is 1.76. The quantitative estimate of drug-likeness (QED) is 0.445. The van der Waals surface area contributed by atoms with Gasteiger partial charge in [-0.1, -0.05) is 48.3 Å². The van der Waals surface area contributed by atoms with E-state index in [1.807, 2.05) is 68.6 Å². The smallest absolute Gasteiger partial charge is 0.322 e. The predicted octanol–water partition coefficient (Wildman–Crippen LogP) is 6.06. The van der Waals surface area contributed by atoms with E-state index in [-0.39, 0.29) is 12.1 Å². The van der Waals surface area contributed by atoms with Crippen molar-refractivity contribution in [2.75, 3.05) is 12.8 Å². The number of amides is 2. The minimum absolute atomic E-state index is 0.0994. The van der Waals surface area contributed by atoms with Crippen LogP contribution in [-0.2, 0) is 0 Å². The first kappa shape index (κ1) is 22.1. The second kappa shape index (κ2) is 9.61. The zero-order valence-electron chi connectivity index (χ0n) is 18.9. The second-order valence-electron chi connectivity index (χ2n) is 7.95. The van der Waals surface area contributed by atoms with Crippen LogP contribution in [-0.4, -0.2) is 33.9 Å². The monoisotopic (exact) mass is 448 g/mol. The number of aromatic nitrogens is 2. The van der Waals surface area contributed by atoms with Gasteiger partial charge in [0.1, 0.15) is 0 Å². The molecule has 0 saturated heterocycles. The summed E-state index contributed by atoms with van der Waals surface area (Å²) in [5.41, 5.74) is 4.73. The van der Waals surface area contributed by atoms with Crippen LogP contribution >= 0.6 is 11.8 Å². The highest BCUT2D eigenvalue weighted by Gasteiger charge is 2.35. The lowest BCUT2D eigenvalue weighted by Crippen LogP contribution is -2.46. The molecule has 0 radical (unpaired) electrons. The third-order valence-electron chi connectivity index (χ3n) is 5.75. The van der Waals surface area contributed by atoms with Gasteiger partial charge in [0, 0.05) is 22.7 Å². The minimum Gasteiger partial charge on any atom is -0.334 e. The highest BCUT2D eigenvalue weighted by Crippen LogP contribution is 2.37. The van der Waals surface area contributed by atoms with Gasteiger partial charge in [0.2, 0.25) is 5.82 Å². The van der Waals surface area contributed by atoms with E-state index in [4.69, 9.17) is 9.51 Å². The maximum atomic E-state index is 12.9. The van der Waals surface area contributed by atoms with Crippen LogP contribution in [0.25, 0.3) is 17.0 Å². The minimum atomic E-state index is -0.354. The molecule has 0 fully saturated rings. The molecule has 1 unspecified atom stereocenters. The van der Waals surface area contributed by atoms with Crippen LogP contribution in [0.3, 0.4) is 0 Å². The molecule has 3 aromatic rings. The molecule has 0 aliphatic carbocycles. The van der Waals surface area contributed by atoms with Crippen molar-refractivity contribution >= 4 is 23.4 Å². The SMILES string of the molecule is CCCCN1C(=O)NC(c2ccc(C)cc2)C(c2nc(-c3ccc(SC)cc3)no2)=C1C. The molecule has 2 heterocycles. The van der Waals surface area contributed by atoms with Crippen molar-refractivity contribution < 1.29 is 9.32 Å². The van der Waals surface area contributed by atoms with E-state index >= 15 is 0 Å². The van der Waals surface area contributed by atoms with Crippen molar-refractivity contribution in [1.82, 2.24) is 20.4 Å². The maximum absolute atomic E-state index is 12.9. The number of aryl methyl sites for hydroxylation is 1. The van der Waals surface area contributed by atoms with Crippen LogP contribution in [0.2, 0.25) is 0 Å². The normalized spacial score (nSPS) is 16.4. The van der Waals surface area contributed by atoms with Crippen molar-refractivity contribution in [2.24, 2.45) is 0 Å². The molecule has 1 aliphatic heterocycles. The van der Waals surface area contributed by atoms with Crippen molar-refractivity contribution in [3.05, 3.63) is 71.2 Å². The Morgan fingerprint density at radius 1 is 1.09 bits per heavy atom. The Labute approximate surface area is 193 Å². The number of hydrogen-bond donors (Lipinski definition) is 1. The third kappa shape index (κ3) is 4.43. The van der Waals surface area contributed by atoms with Gasteiger partial charge < -0.3 is 9.84 Å². The van der Waals surface area contributed by atoms with Crippen molar-refractivity contribution in [1.29, 1.82) is 0 Å². The van der Waals surface area contributed by atoms with Gasteiger partial charge in [-0.25, -0.2) is 4.79 Å². The lowest BCUT2D eigenvalue weighted by Gasteiger charge is -2.35. The largest absolute Gasteiger partial charge is 0.334 e. The first-order valence-electron chi connectivity index (χ1n) is 10.9. The fraction of sp³-hybridized carbons (Fsp3) is 0.320. The van der Waals surface area contributed by atoms with Crippen LogP contribution in [0.5, 0.6) is 0 Å². The van der Waals surface area contributed by atoms with Crippen LogP contribution in [0.1, 0.15) is 49.7 Å². The van der Waals surface area contributed by atoms with E-state index < -0.39 is 0 Å². The van der Waals surface area contributed by atoms with Gasteiger partial charge in [-0.2, -0.15) is 4.98 Å². The number of unbranched alkanes of at least 4 members (excludes halogenated alkanes) is 1. The average molecular weight is 449 g/mol. The van der Waals surface area contributed by atoms with Gasteiger partial charge in [-0.05, 0) is 56.4 Å². The average Bonchev–Trinajstić information content (AvgIpc) is 3.29. The van der Waals surface area contributed by atoms with E-state index in [1.165, 1.54) is 4.90 Å². The molecule has 1 aromatic heterocycles. The molecular formula is C25H28N4O2S. The third-order valence-corrected chi connectivity index (χ3v) is 6.49. The summed E-state index contributed by atoms with van der Waals surface area (Å²) >= 11 is 1.69. The van der Waals surface area contributed by atoms with Crippen LogP contribution in [0, 0.1) is 6.92 Å². The lowest BCUT2D eigenvalue weighted by atomic mass is 9.94. The first-order chi connectivity index (χ1) is 15.5. The summed E-state index contributed by atoms with van der Waals surface area (Å²) in [6.07, 6.45) is 3.97. The molecule has 6 nitrogen and oxygen atoms in total. The Morgan fingerprint density at radius 3 is 2.47 bits per heavy atom. The van der Waals surface area contributed by atoms with Crippen molar-refractivity contribution in [2.45, 2.75) is 44.6 Å². The molecule has 1 N–H and O–H groups in total. The number of hydrogen-bond acceptors (Lipinski definition) is 5. The fourth-order valence-corrected chi connectivity index (χ4v) is 4.25. The molecule has 0 spiro atoms. The highest BCUT2D eigenvalue weighted by molar-refractivity contribution is 7.98. The number of carbonyl (C=O) groups excluding carboxylic acids is 1. The van der Waals surface area contributed by atoms with Gasteiger partial charge in [0.25, 0.3) is 5.89 Å². The number of thioether (sulfide) groups is 1. The molecule has 2 amide bonds. The lowest BCUT2D eigenvalue weighted by molar-refractivity contribution is 0.204. The van der Waals surface area contributed by atoms with E-state index in [0.717, 1.165) is 40.8 Å². The Hall–Kier alpha value is -3.06. The highest BCUT2D eigenvalue weighted by atomic mass is 32.2. The Kier molecular flexibility index (Phi) is 6.65. The fourth-order valence-electron chi connectivity index (χ4n) is 3.84. The Morgan fingerprint density at radius 2 is 1.81 bits per heavy atom. The van der Waals surface area contributed by atoms with E-state index in [2.05, 4.69) is 17.4 Å². The van der Waals surface area contributed by atoms with Gasteiger partial charge in [-0.3, -0.25) is 4.90 Å². The topological polar surface area (TPSA) is 71.3 Å². The van der Waals surface area contributed by atoms with Gasteiger partial charge >= 0.3 is 6.03 Å². The summed E-state index contributed by atoms with van der Waals surface area (Å²) in [5, 5.41) is 7.39. The zero-order valence-corrected chi connectivity index (χ0v) is 19.7. The van der Waals surface area contributed by atoms with Crippen LogP contribution in [0.15, 0.2) is 63.6 Å². The molecule has 0 bridgehead atoms. The number of rotatable bonds is 7. The van der Waals surface area contributed by atoms with Gasteiger partial charge in [0.15, 0.2) is 0 Å². The van der Waals surface area contributed by atoms with Crippen LogP contribution < -0.4 is 5.32 Å². The van der Waals surface area contributed by atoms with E-state index in [1.54, 1.807) is 16.7 Å². The maximum Gasteiger partial charge on any atom is 0.322 e. The van der Waals surface area contributed by atoms with Crippen molar-refractivity contribution in [3.8, 4) is 11.4 Å². The molecule has 1 aliphatic rings. The second-order valence-corrected chi connectivity index (χ2v) is 8.83. The molecule has 166 valence electrons. The summed E-state index contributed by atoms with van der Waals surface area (Å²) in [5.74, 6) is 0.964. The molecule has 4 rings (SSSR count). The molecule has 2 aromatic carbocycles. The van der Waals surface area contributed by atoms with E-state index in [9.17, 15) is 4.79 Å². The van der Waals surface area contributed by atoms with Crippen LogP contribution in [0.4, 0.5) is 4.79 Å². The number of allylic oxidation sites excluding steroid dienone is 1. The predicted molar refractivity (Wildman–Crippen MR) is 128 cm³/mol. The standard InChI is InChI=1S/C25H28N4O2S/c1-5-6-15-29-17(3)21(22(26-25(29)30)18-9-7-16(2)8-10-18)24-27-23(28-31-24)19-11-13-20(32-4)14-12-19/h7-14,22H,5-6,15H2,1-4H3,(H,26,30). The molecule has 32 heavy (non-hydrogen) atoms. The summed E-state index contributed by atoms with van der Waals surface area (Å²) < 4.78 is 5.75. The molecular weight excluding hydrogens is 420 g/mol. The summed E-state index contributed by atoms with van der Waals surface area (Å²) in [6.45, 7) is 6.77. The first-order valence-corrected chi connectivity index (χ1v) is 12.1. The molecule has 1 atom stereocenters. The summed E-state index contributed by atoms with van der Waals surface area (Å²) in [6, 6.07) is 15.8. The van der Waals surface area contributed by atoms with Crippen molar-refractivity contribution in [3.63, 3.8) is 0 Å². The van der Waals surface area contributed by atoms with Gasteiger partial charge in [-0.15, -0.1) is 11.8 Å². The van der Waals surface area contributed by atoms with Gasteiger partial charge in [0.05, 0.1) is 11.6 Å².